The minimum atomic E-state index is -4.76. The maximum atomic E-state index is 13.8. The van der Waals surface area contributed by atoms with E-state index in [-0.39, 0.29) is 17.1 Å². The van der Waals surface area contributed by atoms with E-state index in [0.717, 1.165) is 0 Å². The number of carbonyl (C=O) groups excluding carboxylic acids is 1. The molecule has 1 aliphatic heterocycles. The highest BCUT2D eigenvalue weighted by Gasteiger charge is 2.44. The number of hydrogen-bond acceptors (Lipinski definition) is 8. The first-order valence-electron chi connectivity index (χ1n) is 9.13. The summed E-state index contributed by atoms with van der Waals surface area (Å²) in [6.45, 7) is 0. The van der Waals surface area contributed by atoms with Gasteiger partial charge in [-0.2, -0.15) is 13.2 Å². The number of rotatable bonds is 5. The van der Waals surface area contributed by atoms with Crippen LogP contribution in [0.4, 0.5) is 13.2 Å². The van der Waals surface area contributed by atoms with Crippen molar-refractivity contribution in [2.45, 2.75) is 18.5 Å². The van der Waals surface area contributed by atoms with Gasteiger partial charge in [-0.25, -0.2) is 15.3 Å². The molecule has 12 heteroatoms. The van der Waals surface area contributed by atoms with Crippen LogP contribution in [-0.2, 0) is 15.8 Å². The molecule has 3 N–H and O–H groups in total. The zero-order chi connectivity index (χ0) is 22.9. The van der Waals surface area contributed by atoms with Crippen LogP contribution in [0.3, 0.4) is 0 Å². The van der Waals surface area contributed by atoms with Crippen molar-refractivity contribution in [2.24, 2.45) is 4.99 Å². The molecule has 0 spiro atoms. The van der Waals surface area contributed by atoms with Crippen LogP contribution in [0, 0.1) is 0 Å². The Morgan fingerprint density at radius 2 is 1.81 bits per heavy atom. The summed E-state index contributed by atoms with van der Waals surface area (Å²) in [5.74, 6) is -1.16. The Morgan fingerprint density at radius 1 is 1.12 bits per heavy atom. The highest BCUT2D eigenvalue weighted by molar-refractivity contribution is 7.78. The number of halogens is 3. The molecule has 2 aromatic carbocycles. The quantitative estimate of drug-likeness (QED) is 0.432. The van der Waals surface area contributed by atoms with Crippen molar-refractivity contribution in [3.63, 3.8) is 0 Å². The second-order valence-electron chi connectivity index (χ2n) is 6.68. The summed E-state index contributed by atoms with van der Waals surface area (Å²) in [7, 11) is 0. The Labute approximate surface area is 184 Å². The molecule has 1 aliphatic rings. The summed E-state index contributed by atoms with van der Waals surface area (Å²) < 4.78 is 48.5. The topological polar surface area (TPSA) is 109 Å². The molecular formula is C20H15F3N4O4S. The summed E-state index contributed by atoms with van der Waals surface area (Å²) in [4.78, 5) is 20.8. The van der Waals surface area contributed by atoms with Gasteiger partial charge in [-0.1, -0.05) is 72.6 Å². The van der Waals surface area contributed by atoms with E-state index < -0.39 is 35.7 Å². The Kier molecular flexibility index (Phi) is 5.91. The van der Waals surface area contributed by atoms with Crippen molar-refractivity contribution in [3.05, 3.63) is 77.0 Å². The normalized spacial score (nSPS) is 16.9. The number of thiol groups is 1. The Balaban J connectivity index is 1.64. The number of aromatic nitrogens is 1. The number of hydroxylamine groups is 1. The maximum Gasteiger partial charge on any atom is 0.422 e. The minimum Gasteiger partial charge on any atom is -0.378 e. The lowest BCUT2D eigenvalue weighted by atomic mass is 10.0. The van der Waals surface area contributed by atoms with Crippen LogP contribution in [0.2, 0.25) is 0 Å². The van der Waals surface area contributed by atoms with Crippen molar-refractivity contribution in [1.29, 1.82) is 0 Å². The Hall–Kier alpha value is -3.35. The van der Waals surface area contributed by atoms with Gasteiger partial charge in [0.15, 0.2) is 11.9 Å². The van der Waals surface area contributed by atoms with Crippen molar-refractivity contribution in [1.82, 2.24) is 15.4 Å². The smallest absolute Gasteiger partial charge is 0.378 e. The van der Waals surface area contributed by atoms with Crippen LogP contribution in [0.25, 0.3) is 11.3 Å². The fraction of sp³-hybridized carbons (Fsp3) is 0.150. The Morgan fingerprint density at radius 3 is 2.44 bits per heavy atom. The number of carbonyl (C=O) groups is 1. The SMILES string of the molecule is O=C(NS)C(O)c1ccc(C2=NC(c3onc(-c4ccccc4)c3C(F)(F)F)ON2)cc1. The molecule has 2 heterocycles. The third-order valence-corrected chi connectivity index (χ3v) is 4.87. The summed E-state index contributed by atoms with van der Waals surface area (Å²) >= 11 is 3.60. The molecule has 166 valence electrons. The molecule has 0 saturated carbocycles. The van der Waals surface area contributed by atoms with E-state index in [1.54, 1.807) is 18.2 Å². The lowest BCUT2D eigenvalue weighted by molar-refractivity contribution is -0.140. The van der Waals surface area contributed by atoms with Gasteiger partial charge < -0.3 is 14.4 Å². The molecule has 1 amide bonds. The summed E-state index contributed by atoms with van der Waals surface area (Å²) in [6, 6.07) is 13.8. The van der Waals surface area contributed by atoms with Crippen molar-refractivity contribution >= 4 is 24.6 Å². The van der Waals surface area contributed by atoms with Gasteiger partial charge in [0.05, 0.1) is 0 Å². The summed E-state index contributed by atoms with van der Waals surface area (Å²) in [5, 5.41) is 13.5. The number of amidine groups is 1. The maximum absolute atomic E-state index is 13.8. The number of alkyl halides is 3. The van der Waals surface area contributed by atoms with Gasteiger partial charge in [-0.15, -0.1) is 0 Å². The second kappa shape index (κ2) is 8.65. The van der Waals surface area contributed by atoms with Crippen LogP contribution >= 0.6 is 12.8 Å². The first kappa shape index (κ1) is 21.9. The number of aliphatic hydroxyl groups excluding tert-OH is 1. The van der Waals surface area contributed by atoms with Crippen LogP contribution in [0.15, 0.2) is 64.1 Å². The molecule has 3 aromatic rings. The van der Waals surface area contributed by atoms with Gasteiger partial charge in [0.25, 0.3) is 5.91 Å². The molecule has 1 aromatic heterocycles. The molecule has 32 heavy (non-hydrogen) atoms. The van der Waals surface area contributed by atoms with E-state index in [4.69, 9.17) is 9.36 Å². The highest BCUT2D eigenvalue weighted by atomic mass is 32.1. The molecule has 0 saturated heterocycles. The van der Waals surface area contributed by atoms with E-state index in [0.29, 0.717) is 11.1 Å². The van der Waals surface area contributed by atoms with Gasteiger partial charge in [-0.3, -0.25) is 4.79 Å². The van der Waals surface area contributed by atoms with Crippen molar-refractivity contribution in [2.75, 3.05) is 0 Å². The van der Waals surface area contributed by atoms with Gasteiger partial charge in [0.1, 0.15) is 11.3 Å². The predicted octanol–water partition coefficient (Wildman–Crippen LogP) is 3.34. The van der Waals surface area contributed by atoms with E-state index in [2.05, 4.69) is 28.4 Å². The molecular weight excluding hydrogens is 449 g/mol. The molecule has 0 fully saturated rings. The van der Waals surface area contributed by atoms with Gasteiger partial charge >= 0.3 is 6.18 Å². The van der Waals surface area contributed by atoms with Gasteiger partial charge in [0, 0.05) is 11.1 Å². The monoisotopic (exact) mass is 464 g/mol. The average molecular weight is 464 g/mol. The number of nitrogens with one attached hydrogen (secondary N) is 2. The van der Waals surface area contributed by atoms with E-state index >= 15 is 0 Å². The van der Waals surface area contributed by atoms with Crippen LogP contribution in [0.1, 0.15) is 34.8 Å². The first-order chi connectivity index (χ1) is 15.3. The van der Waals surface area contributed by atoms with Crippen LogP contribution in [0.5, 0.6) is 0 Å². The number of hydrogen-bond donors (Lipinski definition) is 4. The fourth-order valence-corrected chi connectivity index (χ4v) is 3.22. The molecule has 2 atom stereocenters. The molecule has 2 unspecified atom stereocenters. The number of benzene rings is 2. The second-order valence-corrected chi connectivity index (χ2v) is 6.91. The lowest BCUT2D eigenvalue weighted by Gasteiger charge is -2.10. The summed E-state index contributed by atoms with van der Waals surface area (Å²) in [5.41, 5.74) is 2.02. The van der Waals surface area contributed by atoms with Crippen LogP contribution < -0.4 is 10.2 Å². The van der Waals surface area contributed by atoms with Gasteiger partial charge in [-0.05, 0) is 5.56 Å². The highest BCUT2D eigenvalue weighted by Crippen LogP contribution is 2.42. The number of nitrogens with zero attached hydrogens (tertiary/aromatic N) is 2. The number of amides is 1. The third-order valence-electron chi connectivity index (χ3n) is 4.65. The van der Waals surface area contributed by atoms with E-state index in [9.17, 15) is 23.1 Å². The molecule has 0 aliphatic carbocycles. The zero-order valence-corrected chi connectivity index (χ0v) is 16.9. The molecule has 0 radical (unpaired) electrons. The largest absolute Gasteiger partial charge is 0.422 e. The lowest BCUT2D eigenvalue weighted by Crippen LogP contribution is -2.22. The summed E-state index contributed by atoms with van der Waals surface area (Å²) in [6.07, 6.45) is -7.61. The molecule has 4 rings (SSSR count). The van der Waals surface area contributed by atoms with Gasteiger partial charge in [0.2, 0.25) is 12.0 Å². The number of aliphatic hydroxyl groups is 1. The van der Waals surface area contributed by atoms with Crippen molar-refractivity contribution < 1.29 is 32.4 Å². The first-order valence-corrected chi connectivity index (χ1v) is 9.58. The molecule has 8 nitrogen and oxygen atoms in total. The predicted molar refractivity (Wildman–Crippen MR) is 109 cm³/mol. The standard InChI is InChI=1S/C20H15F3N4O4S/c21-20(22,23)13-14(10-4-2-1-3-5-10)25-30-16(13)19-24-17(26-31-19)12-8-6-11(7-9-12)15(28)18(29)27-32/h1-9,15,19,28,32H,(H,24,26)(H,27,29). The minimum absolute atomic E-state index is 0.139. The van der Waals surface area contributed by atoms with E-state index in [1.165, 1.54) is 36.4 Å². The fourth-order valence-electron chi connectivity index (χ4n) is 3.10. The Bertz CT molecular complexity index is 1150. The average Bonchev–Trinajstić information content (AvgIpc) is 3.46. The third kappa shape index (κ3) is 4.20. The van der Waals surface area contributed by atoms with E-state index in [1.807, 2.05) is 4.72 Å². The van der Waals surface area contributed by atoms with Crippen molar-refractivity contribution in [3.8, 4) is 11.3 Å². The molecule has 0 bridgehead atoms. The van der Waals surface area contributed by atoms with Crippen LogP contribution in [-0.4, -0.2) is 22.0 Å². The zero-order valence-electron chi connectivity index (χ0n) is 16.0. The number of aliphatic imine (C=N–C) groups is 1.